The Labute approximate surface area is 517 Å². The van der Waals surface area contributed by atoms with Gasteiger partial charge in [-0.1, -0.05) is 27.7 Å². The van der Waals surface area contributed by atoms with Crippen molar-refractivity contribution >= 4 is 71.6 Å². The molecule has 20 atom stereocenters. The van der Waals surface area contributed by atoms with Gasteiger partial charge in [-0.2, -0.15) is 0 Å². The van der Waals surface area contributed by atoms with Gasteiger partial charge in [0.1, 0.15) is 18.3 Å². The second kappa shape index (κ2) is 23.9. The summed E-state index contributed by atoms with van der Waals surface area (Å²) in [4.78, 5) is 143. The monoisotopic (exact) mass is 1240 g/mol. The number of cyclic esters (lactones) is 8. The van der Waals surface area contributed by atoms with Crippen molar-refractivity contribution in [2.24, 2.45) is 114 Å². The highest BCUT2D eigenvalue weighted by Gasteiger charge is 2.79. The van der Waals surface area contributed by atoms with E-state index in [2.05, 4.69) is 9.47 Å². The van der Waals surface area contributed by atoms with Crippen molar-refractivity contribution < 1.29 is 100 Å². The van der Waals surface area contributed by atoms with Crippen LogP contribution in [0.4, 0.5) is 0 Å². The number of hydrogen-bond donors (Lipinski definition) is 0. The van der Waals surface area contributed by atoms with E-state index in [-0.39, 0.29) is 107 Å². The Morgan fingerprint density at radius 1 is 0.455 bits per heavy atom. The van der Waals surface area contributed by atoms with Gasteiger partial charge in [0.25, 0.3) is 0 Å². The summed E-state index contributed by atoms with van der Waals surface area (Å²) in [6.07, 6.45) is 8.92. The van der Waals surface area contributed by atoms with Gasteiger partial charge in [0, 0.05) is 37.2 Å². The fourth-order valence-corrected chi connectivity index (χ4v) is 17.1. The summed E-state index contributed by atoms with van der Waals surface area (Å²) in [5.41, 5.74) is -5.29. The quantitative estimate of drug-likeness (QED) is 0.1000. The molecule has 490 valence electrons. The van der Waals surface area contributed by atoms with Crippen LogP contribution in [0.25, 0.3) is 0 Å². The molecule has 0 aromatic carbocycles. The van der Waals surface area contributed by atoms with Gasteiger partial charge >= 0.3 is 71.6 Å². The lowest BCUT2D eigenvalue weighted by Gasteiger charge is -2.42. The van der Waals surface area contributed by atoms with Crippen molar-refractivity contribution in [3.63, 3.8) is 0 Å². The van der Waals surface area contributed by atoms with Crippen LogP contribution in [0.2, 0.25) is 0 Å². The molecule has 12 fully saturated rings. The fraction of sp³-hybridized carbons (Fsp3) is 0.821. The zero-order valence-corrected chi connectivity index (χ0v) is 55.0. The molecule has 0 aromatic rings. The minimum atomic E-state index is -0.905. The van der Waals surface area contributed by atoms with Gasteiger partial charge in [0.15, 0.2) is 0 Å². The van der Waals surface area contributed by atoms with Gasteiger partial charge in [-0.05, 0) is 190 Å². The van der Waals surface area contributed by atoms with Crippen LogP contribution in [0, 0.1) is 114 Å². The van der Waals surface area contributed by atoms with Gasteiger partial charge in [0.05, 0.1) is 74.3 Å². The lowest BCUT2D eigenvalue weighted by molar-refractivity contribution is -0.181. The van der Waals surface area contributed by atoms with E-state index in [4.69, 9.17) is 33.2 Å². The van der Waals surface area contributed by atoms with Crippen molar-refractivity contribution in [3.05, 3.63) is 0 Å². The summed E-state index contributed by atoms with van der Waals surface area (Å²) in [6.45, 7) is 29.9. The maximum Gasteiger partial charge on any atom is 0.321 e. The zero-order chi connectivity index (χ0) is 65.7. The highest BCUT2D eigenvalue weighted by molar-refractivity contribution is 6.03. The van der Waals surface area contributed by atoms with E-state index in [1.54, 1.807) is 27.9 Å². The molecule has 20 unspecified atom stereocenters. The molecule has 0 spiro atoms. The van der Waals surface area contributed by atoms with Crippen LogP contribution < -0.4 is 0 Å². The smallest absolute Gasteiger partial charge is 0.321 e. The molecule has 12 aliphatic rings. The molecule has 88 heavy (non-hydrogen) atoms. The summed E-state index contributed by atoms with van der Waals surface area (Å²) in [5, 5.41) is 0. The number of carbonyl (C=O) groups is 12. The summed E-state index contributed by atoms with van der Waals surface area (Å²) in [7, 11) is 2.97. The lowest BCUT2D eigenvalue weighted by Crippen LogP contribution is -2.52. The van der Waals surface area contributed by atoms with Crippen LogP contribution in [-0.2, 0) is 100 Å². The van der Waals surface area contributed by atoms with E-state index in [9.17, 15) is 57.5 Å². The summed E-state index contributed by atoms with van der Waals surface area (Å²) in [5.74, 6) is -3.83. The third kappa shape index (κ3) is 10.8. The SMILES string of the molecule is CCC(C)(C)C(=O)OC.CCC(C)(C)C(=O)OC1C(OC)C2CC1C1(C)C(=O)OC(=O)C21.CCC(C)(C)C(=O)OC1CC2CC1C1(C)C(=O)OC(=O)C21.CCC(C)(C)C(=O)OC1CC2CC1C1(C)C(=O)OC(=O)C21C.O=C1CC2C3CCC(C3)C2C(=O)O1. The minimum Gasteiger partial charge on any atom is -0.469 e. The summed E-state index contributed by atoms with van der Waals surface area (Å²) < 4.78 is 46.7. The highest BCUT2D eigenvalue weighted by atomic mass is 16.6. The first-order chi connectivity index (χ1) is 40.8. The minimum absolute atomic E-state index is 0.0454. The molecule has 0 radical (unpaired) electrons. The van der Waals surface area contributed by atoms with Gasteiger partial charge in [-0.3, -0.25) is 57.5 Å². The third-order valence-electron chi connectivity index (χ3n) is 24.8. The highest BCUT2D eigenvalue weighted by Crippen LogP contribution is 2.71. The molecule has 0 N–H and O–H groups in total. The van der Waals surface area contributed by atoms with E-state index in [0.717, 1.165) is 32.1 Å². The van der Waals surface area contributed by atoms with Crippen molar-refractivity contribution in [3.8, 4) is 0 Å². The topological polar surface area (TPSA) is 288 Å². The first-order valence-corrected chi connectivity index (χ1v) is 32.1. The van der Waals surface area contributed by atoms with Crippen molar-refractivity contribution in [2.75, 3.05) is 14.2 Å². The molecule has 8 aliphatic carbocycles. The number of ether oxygens (including phenoxy) is 9. The summed E-state index contributed by atoms with van der Waals surface area (Å²) >= 11 is 0. The maximum absolute atomic E-state index is 12.5. The van der Waals surface area contributed by atoms with Gasteiger partial charge in [-0.15, -0.1) is 0 Å². The number of fused-ring (bicyclic) bond motifs is 20. The van der Waals surface area contributed by atoms with Gasteiger partial charge in [0.2, 0.25) is 0 Å². The maximum atomic E-state index is 12.5. The molecule has 12 rings (SSSR count). The number of carbonyl (C=O) groups excluding carboxylic acids is 12. The number of rotatable bonds is 12. The van der Waals surface area contributed by atoms with Gasteiger partial charge in [-0.25, -0.2) is 0 Å². The Balaban J connectivity index is 0.000000147. The Bertz CT molecular complexity index is 2880. The van der Waals surface area contributed by atoms with Gasteiger partial charge < -0.3 is 42.6 Å². The number of esters is 12. The van der Waals surface area contributed by atoms with Crippen LogP contribution in [0.15, 0.2) is 0 Å². The molecule has 8 bridgehead atoms. The van der Waals surface area contributed by atoms with E-state index in [1.807, 2.05) is 90.0 Å². The Morgan fingerprint density at radius 3 is 1.44 bits per heavy atom. The van der Waals surface area contributed by atoms with Crippen LogP contribution in [0.3, 0.4) is 0 Å². The number of hydrogen-bond acceptors (Lipinski definition) is 21. The fourth-order valence-electron chi connectivity index (χ4n) is 17.1. The molecule has 4 aliphatic heterocycles. The Kier molecular flexibility index (Phi) is 18.5. The average Bonchev–Trinajstić information content (AvgIpc) is 1.60. The second-order valence-corrected chi connectivity index (χ2v) is 30.6. The lowest BCUT2D eigenvalue weighted by atomic mass is 9.58. The predicted octanol–water partition coefficient (Wildman–Crippen LogP) is 8.97. The first-order valence-electron chi connectivity index (χ1n) is 32.1. The van der Waals surface area contributed by atoms with E-state index < -0.39 is 85.7 Å². The van der Waals surface area contributed by atoms with Crippen LogP contribution in [0.5, 0.6) is 0 Å². The third-order valence-corrected chi connectivity index (χ3v) is 24.8. The van der Waals surface area contributed by atoms with Crippen LogP contribution >= 0.6 is 0 Å². The standard InChI is InChI=1S/C17H24O6.C17H24O5.C16H22O5.C10H12O3.C7H14O2/c1-6-16(2,3)14(19)22-12-9-7-8(11(12)21-5)10-13(18)23-15(20)17(9,10)4;1-6-15(2,3)12(18)21-11-8-9-7-10(11)17(5)14(20)22-13(19)16(9,17)4;1-5-15(2,3)13(18)20-10-7-8-6-9(10)16(4)11(8)12(17)21-14(16)19;11-8-4-7-5-1-2-6(3-5)9(7)10(12)13-8;1-5-7(2,3)6(8)9-4/h8-12H,6-7H2,1-5H3;9-11H,6-8H2,1-5H3;8-11H,5-7H2,1-4H3;5-7,9H,1-4H2;5H2,1-4H3. The van der Waals surface area contributed by atoms with Crippen LogP contribution in [0.1, 0.15) is 194 Å². The van der Waals surface area contributed by atoms with Crippen molar-refractivity contribution in [1.82, 2.24) is 0 Å². The van der Waals surface area contributed by atoms with Crippen LogP contribution in [-0.4, -0.2) is 110 Å². The largest absolute Gasteiger partial charge is 0.469 e. The molecular weight excluding hydrogens is 1140 g/mol. The molecule has 4 heterocycles. The molecule has 0 amide bonds. The molecule has 21 heteroatoms. The Morgan fingerprint density at radius 2 is 0.932 bits per heavy atom. The molecular formula is C67H96O21. The predicted molar refractivity (Wildman–Crippen MR) is 309 cm³/mol. The van der Waals surface area contributed by atoms with E-state index >= 15 is 0 Å². The molecule has 21 nitrogen and oxygen atoms in total. The number of methoxy groups -OCH3 is 2. The normalized spacial score (nSPS) is 39.8. The first kappa shape index (κ1) is 68.3. The zero-order valence-electron chi connectivity index (χ0n) is 55.0. The van der Waals surface area contributed by atoms with Crippen molar-refractivity contribution in [1.29, 1.82) is 0 Å². The van der Waals surface area contributed by atoms with Crippen molar-refractivity contribution in [2.45, 2.75) is 219 Å². The molecule has 4 saturated heterocycles. The van der Waals surface area contributed by atoms with E-state index in [1.165, 1.54) is 13.5 Å². The molecule has 0 aromatic heterocycles. The average molecular weight is 1240 g/mol. The Hall–Kier alpha value is -5.60. The second-order valence-electron chi connectivity index (χ2n) is 30.6. The molecule has 8 saturated carbocycles. The summed E-state index contributed by atoms with van der Waals surface area (Å²) in [6, 6.07) is 0. The van der Waals surface area contributed by atoms with E-state index in [0.29, 0.717) is 62.7 Å².